The van der Waals surface area contributed by atoms with E-state index >= 15 is 0 Å². The minimum absolute atomic E-state index is 1.05. The monoisotopic (exact) mass is 194 g/mol. The molecule has 1 aliphatic rings. The van der Waals surface area contributed by atoms with Gasteiger partial charge in [0.15, 0.2) is 0 Å². The molecule has 0 fully saturated rings. The van der Waals surface area contributed by atoms with Gasteiger partial charge in [-0.15, -0.1) is 0 Å². The molecule has 0 amide bonds. The zero-order valence-corrected chi connectivity index (χ0v) is 8.98. The van der Waals surface area contributed by atoms with Crippen LogP contribution in [0.2, 0.25) is 0 Å². The fourth-order valence-corrected chi connectivity index (χ4v) is 1.70. The van der Waals surface area contributed by atoms with Gasteiger partial charge in [-0.05, 0) is 36.6 Å². The van der Waals surface area contributed by atoms with Crippen molar-refractivity contribution in [3.8, 4) is 0 Å². The molecule has 0 bridgehead atoms. The third-order valence-electron chi connectivity index (χ3n) is 1.54. The van der Waals surface area contributed by atoms with Gasteiger partial charge in [0.05, 0.1) is 16.9 Å². The molecule has 70 valence electrons. The standard InChI is InChI=1S/C8H8N2S.C2H6/c1-6-2-3-7-8(4-6)11-10-5-9-7;1-2/h2-5H,1H3,(H,9,10);1-2H3. The van der Waals surface area contributed by atoms with E-state index in [-0.39, 0.29) is 0 Å². The average molecular weight is 194 g/mol. The highest BCUT2D eigenvalue weighted by Gasteiger charge is 2.04. The second kappa shape index (κ2) is 4.92. The van der Waals surface area contributed by atoms with Gasteiger partial charge in [-0.3, -0.25) is 0 Å². The number of nitrogens with one attached hydrogen (secondary N) is 1. The van der Waals surface area contributed by atoms with E-state index in [2.05, 4.69) is 28.8 Å². The Kier molecular flexibility index (Phi) is 3.83. The third kappa shape index (κ3) is 2.49. The molecule has 13 heavy (non-hydrogen) atoms. The molecule has 0 unspecified atom stereocenters. The van der Waals surface area contributed by atoms with Crippen LogP contribution in [-0.4, -0.2) is 6.34 Å². The molecule has 0 spiro atoms. The lowest BCUT2D eigenvalue weighted by Gasteiger charge is -2.09. The highest BCUT2D eigenvalue weighted by Crippen LogP contribution is 2.30. The number of benzene rings is 1. The summed E-state index contributed by atoms with van der Waals surface area (Å²) in [5.74, 6) is 0. The molecule has 1 N–H and O–H groups in total. The molecule has 1 aromatic carbocycles. The predicted molar refractivity (Wildman–Crippen MR) is 59.7 cm³/mol. The Hall–Kier alpha value is -0.960. The smallest absolute Gasteiger partial charge is 0.0988 e. The van der Waals surface area contributed by atoms with E-state index in [0.717, 1.165) is 5.69 Å². The van der Waals surface area contributed by atoms with Crippen LogP contribution in [0.4, 0.5) is 5.69 Å². The minimum Gasteiger partial charge on any atom is -0.316 e. The van der Waals surface area contributed by atoms with Crippen LogP contribution in [0.15, 0.2) is 28.1 Å². The summed E-state index contributed by atoms with van der Waals surface area (Å²) in [7, 11) is 0. The van der Waals surface area contributed by atoms with E-state index in [1.54, 1.807) is 18.3 Å². The van der Waals surface area contributed by atoms with E-state index in [1.807, 2.05) is 19.9 Å². The second-order valence-corrected chi connectivity index (χ2v) is 3.33. The largest absolute Gasteiger partial charge is 0.316 e. The van der Waals surface area contributed by atoms with Gasteiger partial charge in [-0.1, -0.05) is 19.9 Å². The first kappa shape index (κ1) is 10.1. The molecule has 0 atom stereocenters. The normalized spacial score (nSPS) is 12.2. The van der Waals surface area contributed by atoms with E-state index in [4.69, 9.17) is 0 Å². The van der Waals surface area contributed by atoms with Gasteiger partial charge in [0.2, 0.25) is 0 Å². The van der Waals surface area contributed by atoms with Crippen LogP contribution in [0, 0.1) is 6.92 Å². The van der Waals surface area contributed by atoms with Crippen LogP contribution in [0.1, 0.15) is 19.4 Å². The molecule has 0 saturated carbocycles. The van der Waals surface area contributed by atoms with Crippen molar-refractivity contribution in [3.63, 3.8) is 0 Å². The Bertz CT molecular complexity index is 308. The van der Waals surface area contributed by atoms with Gasteiger partial charge < -0.3 is 4.72 Å². The molecule has 1 aromatic rings. The van der Waals surface area contributed by atoms with Crippen molar-refractivity contribution < 1.29 is 0 Å². The topological polar surface area (TPSA) is 24.4 Å². The first-order valence-electron chi connectivity index (χ1n) is 4.42. The van der Waals surface area contributed by atoms with Gasteiger partial charge in [-0.2, -0.15) is 0 Å². The Morgan fingerprint density at radius 2 is 2.08 bits per heavy atom. The van der Waals surface area contributed by atoms with Crippen LogP contribution < -0.4 is 4.72 Å². The molecular formula is C10H14N2S. The third-order valence-corrected chi connectivity index (χ3v) is 2.31. The van der Waals surface area contributed by atoms with Gasteiger partial charge in [0, 0.05) is 0 Å². The number of hydrogen-bond acceptors (Lipinski definition) is 3. The Morgan fingerprint density at radius 3 is 2.85 bits per heavy atom. The van der Waals surface area contributed by atoms with Crippen LogP contribution >= 0.6 is 11.9 Å². The predicted octanol–water partition coefficient (Wildman–Crippen LogP) is 3.29. The first-order valence-corrected chi connectivity index (χ1v) is 5.23. The molecule has 0 saturated heterocycles. The van der Waals surface area contributed by atoms with Crippen LogP contribution in [0.5, 0.6) is 0 Å². The number of rotatable bonds is 0. The quantitative estimate of drug-likeness (QED) is 0.641. The van der Waals surface area contributed by atoms with Crippen molar-refractivity contribution in [1.82, 2.24) is 4.72 Å². The summed E-state index contributed by atoms with van der Waals surface area (Å²) in [5.41, 5.74) is 2.33. The van der Waals surface area contributed by atoms with Gasteiger partial charge in [-0.25, -0.2) is 4.99 Å². The maximum atomic E-state index is 4.18. The molecule has 2 nitrogen and oxygen atoms in total. The van der Waals surface area contributed by atoms with Crippen molar-refractivity contribution in [2.24, 2.45) is 4.99 Å². The summed E-state index contributed by atoms with van der Waals surface area (Å²) in [4.78, 5) is 5.38. The number of aryl methyl sites for hydroxylation is 1. The molecule has 1 heterocycles. The van der Waals surface area contributed by atoms with Crippen molar-refractivity contribution in [3.05, 3.63) is 23.8 Å². The summed E-state index contributed by atoms with van der Waals surface area (Å²) in [5, 5.41) is 0. The minimum atomic E-state index is 1.05. The molecule has 1 aliphatic heterocycles. The summed E-state index contributed by atoms with van der Waals surface area (Å²) < 4.78 is 2.99. The fourth-order valence-electron chi connectivity index (χ4n) is 0.995. The van der Waals surface area contributed by atoms with Gasteiger partial charge in [0.25, 0.3) is 0 Å². The fraction of sp³-hybridized carbons (Fsp3) is 0.300. The van der Waals surface area contributed by atoms with Crippen molar-refractivity contribution in [2.75, 3.05) is 0 Å². The molecule has 2 rings (SSSR count). The first-order chi connectivity index (χ1) is 6.36. The highest BCUT2D eigenvalue weighted by atomic mass is 32.2. The van der Waals surface area contributed by atoms with Gasteiger partial charge in [0.1, 0.15) is 0 Å². The highest BCUT2D eigenvalue weighted by molar-refractivity contribution is 7.98. The summed E-state index contributed by atoms with van der Waals surface area (Å²) in [6, 6.07) is 6.24. The van der Waals surface area contributed by atoms with Crippen LogP contribution in [-0.2, 0) is 0 Å². The summed E-state index contributed by atoms with van der Waals surface area (Å²) in [6.07, 6.45) is 1.71. The van der Waals surface area contributed by atoms with Crippen LogP contribution in [0.3, 0.4) is 0 Å². The van der Waals surface area contributed by atoms with Crippen molar-refractivity contribution in [2.45, 2.75) is 25.7 Å². The van der Waals surface area contributed by atoms with E-state index in [9.17, 15) is 0 Å². The maximum absolute atomic E-state index is 4.18. The second-order valence-electron chi connectivity index (χ2n) is 2.45. The zero-order valence-electron chi connectivity index (χ0n) is 8.16. The molecule has 0 aliphatic carbocycles. The SMILES string of the molecule is CC.Cc1ccc2c(c1)SNC=N2. The number of fused-ring (bicyclic) bond motifs is 1. The molecular weight excluding hydrogens is 180 g/mol. The summed E-state index contributed by atoms with van der Waals surface area (Å²) in [6.45, 7) is 6.08. The Balaban J connectivity index is 0.000000396. The lowest BCUT2D eigenvalue weighted by molar-refractivity contribution is 1.28. The van der Waals surface area contributed by atoms with Crippen molar-refractivity contribution in [1.29, 1.82) is 0 Å². The van der Waals surface area contributed by atoms with Gasteiger partial charge >= 0.3 is 0 Å². The Labute approximate surface area is 83.6 Å². The average Bonchev–Trinajstić information content (AvgIpc) is 2.21. The zero-order chi connectivity index (χ0) is 9.68. The molecule has 0 radical (unpaired) electrons. The summed E-state index contributed by atoms with van der Waals surface area (Å²) >= 11 is 1.60. The van der Waals surface area contributed by atoms with E-state index in [1.165, 1.54) is 10.5 Å². The van der Waals surface area contributed by atoms with Crippen LogP contribution in [0.25, 0.3) is 0 Å². The van der Waals surface area contributed by atoms with E-state index < -0.39 is 0 Å². The molecule has 3 heteroatoms. The maximum Gasteiger partial charge on any atom is 0.0988 e. The van der Waals surface area contributed by atoms with E-state index in [0.29, 0.717) is 0 Å². The lowest BCUT2D eigenvalue weighted by atomic mass is 10.2. The lowest BCUT2D eigenvalue weighted by Crippen LogP contribution is -2.02. The number of hydrogen-bond donors (Lipinski definition) is 1. The number of nitrogens with zero attached hydrogens (tertiary/aromatic N) is 1. The Morgan fingerprint density at radius 1 is 1.31 bits per heavy atom. The van der Waals surface area contributed by atoms with Crippen molar-refractivity contribution >= 4 is 24.0 Å². The molecule has 0 aromatic heterocycles. The number of aliphatic imine (C=N–C) groups is 1.